The number of nitrogens with zero attached hydrogens (tertiary/aromatic N) is 2. The van der Waals surface area contributed by atoms with Crippen LogP contribution in [0.15, 0.2) is 11.6 Å². The zero-order valence-electron chi connectivity index (χ0n) is 9.56. The molecule has 2 fully saturated rings. The van der Waals surface area contributed by atoms with Crippen LogP contribution in [-0.4, -0.2) is 35.6 Å². The lowest BCUT2D eigenvalue weighted by Gasteiger charge is -2.23. The predicted molar refractivity (Wildman–Crippen MR) is 66.5 cm³/mol. The van der Waals surface area contributed by atoms with Crippen LogP contribution in [0.1, 0.15) is 24.3 Å². The van der Waals surface area contributed by atoms with Gasteiger partial charge < -0.3 is 5.32 Å². The molecule has 1 unspecified atom stereocenters. The van der Waals surface area contributed by atoms with Crippen molar-refractivity contribution >= 4 is 11.3 Å². The zero-order valence-corrected chi connectivity index (χ0v) is 10.4. The van der Waals surface area contributed by atoms with Crippen molar-refractivity contribution in [2.45, 2.75) is 31.8 Å². The zero-order chi connectivity index (χ0) is 10.8. The van der Waals surface area contributed by atoms with E-state index in [1.165, 1.54) is 43.9 Å². The predicted octanol–water partition coefficient (Wildman–Crippen LogP) is 1.72. The Bertz CT molecular complexity index is 321. The summed E-state index contributed by atoms with van der Waals surface area (Å²) in [6.07, 6.45) is 6.05. The number of nitrogens with one attached hydrogen (secondary N) is 1. The first-order valence-corrected chi connectivity index (χ1v) is 7.14. The van der Waals surface area contributed by atoms with Gasteiger partial charge in [0.1, 0.15) is 5.01 Å². The standard InChI is InChI=1S/C12H19N3S/c1-4-13-11(10-2-3-10)8-15(6-1)9-12-14-5-7-16-12/h5,7,10-11,13H,1-4,6,8-9H2. The van der Waals surface area contributed by atoms with Crippen molar-refractivity contribution in [2.24, 2.45) is 5.92 Å². The molecular weight excluding hydrogens is 218 g/mol. The molecule has 0 radical (unpaired) electrons. The van der Waals surface area contributed by atoms with E-state index in [4.69, 9.17) is 0 Å². The van der Waals surface area contributed by atoms with Crippen LogP contribution in [-0.2, 0) is 6.54 Å². The van der Waals surface area contributed by atoms with Crippen molar-refractivity contribution in [2.75, 3.05) is 19.6 Å². The molecule has 0 aromatic carbocycles. The maximum atomic E-state index is 4.38. The van der Waals surface area contributed by atoms with E-state index < -0.39 is 0 Å². The Balaban J connectivity index is 1.60. The van der Waals surface area contributed by atoms with Gasteiger partial charge >= 0.3 is 0 Å². The number of aromatic nitrogens is 1. The van der Waals surface area contributed by atoms with Crippen molar-refractivity contribution in [1.82, 2.24) is 15.2 Å². The first-order valence-electron chi connectivity index (χ1n) is 6.26. The quantitative estimate of drug-likeness (QED) is 0.867. The summed E-state index contributed by atoms with van der Waals surface area (Å²) in [5.41, 5.74) is 0. The lowest BCUT2D eigenvalue weighted by atomic mass is 10.2. The van der Waals surface area contributed by atoms with Gasteiger partial charge in [-0.1, -0.05) is 0 Å². The van der Waals surface area contributed by atoms with Crippen LogP contribution in [0.3, 0.4) is 0 Å². The fourth-order valence-corrected chi connectivity index (χ4v) is 3.16. The lowest BCUT2D eigenvalue weighted by molar-refractivity contribution is 0.250. The summed E-state index contributed by atoms with van der Waals surface area (Å²) in [7, 11) is 0. The maximum absolute atomic E-state index is 4.38. The van der Waals surface area contributed by atoms with E-state index in [-0.39, 0.29) is 0 Å². The number of hydrogen-bond acceptors (Lipinski definition) is 4. The number of rotatable bonds is 3. The molecule has 1 aromatic heterocycles. The molecule has 1 saturated heterocycles. The van der Waals surface area contributed by atoms with Crippen molar-refractivity contribution in [3.05, 3.63) is 16.6 Å². The van der Waals surface area contributed by atoms with Gasteiger partial charge in [-0.05, 0) is 38.3 Å². The Morgan fingerprint density at radius 1 is 1.50 bits per heavy atom. The highest BCUT2D eigenvalue weighted by Gasteiger charge is 2.33. The minimum atomic E-state index is 0.738. The average molecular weight is 237 g/mol. The molecule has 1 saturated carbocycles. The van der Waals surface area contributed by atoms with Crippen molar-refractivity contribution in [3.63, 3.8) is 0 Å². The molecule has 1 N–H and O–H groups in total. The molecule has 1 aliphatic heterocycles. The molecule has 1 atom stereocenters. The van der Waals surface area contributed by atoms with E-state index >= 15 is 0 Å². The molecule has 0 amide bonds. The maximum Gasteiger partial charge on any atom is 0.107 e. The Morgan fingerprint density at radius 2 is 2.44 bits per heavy atom. The Labute approximate surface area is 101 Å². The monoisotopic (exact) mass is 237 g/mol. The highest BCUT2D eigenvalue weighted by Crippen LogP contribution is 2.33. The smallest absolute Gasteiger partial charge is 0.107 e. The van der Waals surface area contributed by atoms with Gasteiger partial charge in [-0.25, -0.2) is 4.98 Å². The third kappa shape index (κ3) is 2.62. The van der Waals surface area contributed by atoms with Gasteiger partial charge in [0, 0.05) is 24.2 Å². The topological polar surface area (TPSA) is 28.2 Å². The Kier molecular flexibility index (Phi) is 3.22. The van der Waals surface area contributed by atoms with E-state index in [1.54, 1.807) is 11.3 Å². The molecule has 4 heteroatoms. The third-order valence-corrected chi connectivity index (χ3v) is 4.31. The third-order valence-electron chi connectivity index (χ3n) is 3.55. The fraction of sp³-hybridized carbons (Fsp3) is 0.750. The van der Waals surface area contributed by atoms with Gasteiger partial charge in [0.25, 0.3) is 0 Å². The minimum absolute atomic E-state index is 0.738. The molecule has 3 rings (SSSR count). The largest absolute Gasteiger partial charge is 0.312 e. The molecule has 0 bridgehead atoms. The minimum Gasteiger partial charge on any atom is -0.312 e. The summed E-state index contributed by atoms with van der Waals surface area (Å²) >= 11 is 1.78. The second-order valence-corrected chi connectivity index (χ2v) is 5.89. The van der Waals surface area contributed by atoms with Gasteiger partial charge in [0.15, 0.2) is 0 Å². The van der Waals surface area contributed by atoms with Crippen LogP contribution in [0.2, 0.25) is 0 Å². The van der Waals surface area contributed by atoms with E-state index in [2.05, 4.69) is 20.6 Å². The summed E-state index contributed by atoms with van der Waals surface area (Å²) in [6.45, 7) is 4.66. The second kappa shape index (κ2) is 4.82. The highest BCUT2D eigenvalue weighted by molar-refractivity contribution is 7.09. The SMILES string of the molecule is c1csc(CN2CCCNC(C3CC3)C2)n1. The van der Waals surface area contributed by atoms with E-state index in [0.717, 1.165) is 18.5 Å². The van der Waals surface area contributed by atoms with E-state index in [9.17, 15) is 0 Å². The molecule has 2 aliphatic rings. The fourth-order valence-electron chi connectivity index (χ4n) is 2.50. The first kappa shape index (κ1) is 10.7. The van der Waals surface area contributed by atoms with Crippen molar-refractivity contribution < 1.29 is 0 Å². The highest BCUT2D eigenvalue weighted by atomic mass is 32.1. The molecule has 88 valence electrons. The van der Waals surface area contributed by atoms with E-state index in [0.29, 0.717) is 0 Å². The number of thiazole rings is 1. The van der Waals surface area contributed by atoms with Gasteiger partial charge in [0.2, 0.25) is 0 Å². The lowest BCUT2D eigenvalue weighted by Crippen LogP contribution is -2.38. The van der Waals surface area contributed by atoms with Crippen LogP contribution in [0.4, 0.5) is 0 Å². The Morgan fingerprint density at radius 3 is 3.19 bits per heavy atom. The van der Waals surface area contributed by atoms with Crippen LogP contribution in [0.5, 0.6) is 0 Å². The summed E-state index contributed by atoms with van der Waals surface area (Å²) in [5, 5.41) is 7.03. The molecule has 0 spiro atoms. The van der Waals surface area contributed by atoms with Crippen LogP contribution in [0, 0.1) is 5.92 Å². The van der Waals surface area contributed by atoms with Crippen LogP contribution >= 0.6 is 11.3 Å². The number of hydrogen-bond donors (Lipinski definition) is 1. The van der Waals surface area contributed by atoms with Gasteiger partial charge in [-0.2, -0.15) is 0 Å². The first-order chi connectivity index (χ1) is 7.92. The molecule has 1 aliphatic carbocycles. The molecular formula is C12H19N3S. The summed E-state index contributed by atoms with van der Waals surface area (Å²) in [4.78, 5) is 6.95. The van der Waals surface area contributed by atoms with Gasteiger partial charge in [0.05, 0.1) is 6.54 Å². The second-order valence-electron chi connectivity index (χ2n) is 4.91. The normalized spacial score (nSPS) is 27.9. The molecule has 3 nitrogen and oxygen atoms in total. The van der Waals surface area contributed by atoms with Crippen molar-refractivity contribution in [3.8, 4) is 0 Å². The Hall–Kier alpha value is -0.450. The van der Waals surface area contributed by atoms with Crippen LogP contribution < -0.4 is 5.32 Å². The molecule has 2 heterocycles. The van der Waals surface area contributed by atoms with Gasteiger partial charge in [-0.3, -0.25) is 4.90 Å². The molecule has 16 heavy (non-hydrogen) atoms. The summed E-state index contributed by atoms with van der Waals surface area (Å²) in [6, 6.07) is 0.738. The average Bonchev–Trinajstić information content (AvgIpc) is 3.03. The summed E-state index contributed by atoms with van der Waals surface area (Å²) < 4.78 is 0. The van der Waals surface area contributed by atoms with Crippen LogP contribution in [0.25, 0.3) is 0 Å². The molecule has 1 aromatic rings. The van der Waals surface area contributed by atoms with Crippen molar-refractivity contribution in [1.29, 1.82) is 0 Å². The van der Waals surface area contributed by atoms with E-state index in [1.807, 2.05) is 6.20 Å². The summed E-state index contributed by atoms with van der Waals surface area (Å²) in [5.74, 6) is 0.955. The van der Waals surface area contributed by atoms with Gasteiger partial charge in [-0.15, -0.1) is 11.3 Å².